The van der Waals surface area contributed by atoms with Crippen molar-refractivity contribution >= 4 is 34.2 Å². The van der Waals surface area contributed by atoms with Crippen molar-refractivity contribution in [3.05, 3.63) is 30.2 Å². The Labute approximate surface area is 118 Å². The lowest BCUT2D eigenvalue weighted by Gasteiger charge is -2.15. The van der Waals surface area contributed by atoms with Gasteiger partial charge in [-0.25, -0.2) is 14.2 Å². The predicted molar refractivity (Wildman–Crippen MR) is 73.4 cm³/mol. The van der Waals surface area contributed by atoms with Crippen molar-refractivity contribution in [2.75, 3.05) is 11.1 Å². The van der Waals surface area contributed by atoms with Crippen molar-refractivity contribution in [1.29, 1.82) is 0 Å². The van der Waals surface area contributed by atoms with Crippen molar-refractivity contribution < 1.29 is 24.2 Å². The second-order valence-electron chi connectivity index (χ2n) is 4.35. The van der Waals surface area contributed by atoms with Gasteiger partial charge in [0.05, 0.1) is 11.8 Å². The molecule has 5 N–H and O–H groups in total. The molecule has 0 amide bonds. The number of nitrogens with two attached hydrogens (primary N) is 1. The van der Waals surface area contributed by atoms with Gasteiger partial charge in [-0.15, -0.1) is 0 Å². The van der Waals surface area contributed by atoms with Gasteiger partial charge < -0.3 is 21.3 Å². The van der Waals surface area contributed by atoms with E-state index in [-0.39, 0.29) is 11.2 Å². The molecule has 0 aliphatic rings. The van der Waals surface area contributed by atoms with Crippen LogP contribution in [0, 0.1) is 5.82 Å². The number of aromatic nitrogens is 1. The molecule has 1 atom stereocenters. The van der Waals surface area contributed by atoms with E-state index in [1.54, 1.807) is 0 Å². The molecule has 1 heterocycles. The summed E-state index contributed by atoms with van der Waals surface area (Å²) in [6, 6.07) is 2.58. The fourth-order valence-corrected chi connectivity index (χ4v) is 1.93. The van der Waals surface area contributed by atoms with Crippen molar-refractivity contribution in [3.63, 3.8) is 0 Å². The van der Waals surface area contributed by atoms with Crippen LogP contribution in [0.4, 0.5) is 15.9 Å². The molecular formula is C13H12FN3O4. The van der Waals surface area contributed by atoms with Gasteiger partial charge in [-0.3, -0.25) is 4.79 Å². The molecule has 0 aliphatic carbocycles. The third-order valence-corrected chi connectivity index (χ3v) is 2.90. The highest BCUT2D eigenvalue weighted by molar-refractivity contribution is 6.00. The van der Waals surface area contributed by atoms with E-state index in [0.717, 1.165) is 6.07 Å². The first-order chi connectivity index (χ1) is 9.90. The largest absolute Gasteiger partial charge is 0.481 e. The Kier molecular flexibility index (Phi) is 3.88. The molecule has 21 heavy (non-hydrogen) atoms. The van der Waals surface area contributed by atoms with Gasteiger partial charge in [0.15, 0.2) is 0 Å². The summed E-state index contributed by atoms with van der Waals surface area (Å²) in [5.74, 6) is -3.36. The molecule has 0 saturated carbocycles. The van der Waals surface area contributed by atoms with Gasteiger partial charge in [0.25, 0.3) is 0 Å². The summed E-state index contributed by atoms with van der Waals surface area (Å²) in [6.07, 6.45) is 0.664. The Balaban J connectivity index is 2.49. The number of carbonyl (C=O) groups is 2. The molecule has 2 aromatic rings. The van der Waals surface area contributed by atoms with Crippen LogP contribution in [0.2, 0.25) is 0 Å². The number of rotatable bonds is 5. The molecule has 0 fully saturated rings. The maximum Gasteiger partial charge on any atom is 0.326 e. The lowest BCUT2D eigenvalue weighted by molar-refractivity contribution is -0.144. The third-order valence-electron chi connectivity index (χ3n) is 2.90. The molecule has 8 heteroatoms. The standard InChI is InChI=1S/C13H12FN3O4/c14-7-1-2-8(15)6-3-4-16-12(11(6)7)17-9(13(20)21)5-10(18)19/h1-4,9H,5,15H2,(H,16,17)(H,18,19)(H,20,21). The highest BCUT2D eigenvalue weighted by Crippen LogP contribution is 2.29. The van der Waals surface area contributed by atoms with Gasteiger partial charge in [-0.1, -0.05) is 0 Å². The highest BCUT2D eigenvalue weighted by Gasteiger charge is 2.23. The number of carboxylic acid groups (broad SMARTS) is 2. The summed E-state index contributed by atoms with van der Waals surface area (Å²) in [5.41, 5.74) is 6.04. The number of halogens is 1. The summed E-state index contributed by atoms with van der Waals surface area (Å²) >= 11 is 0. The predicted octanol–water partition coefficient (Wildman–Crippen LogP) is 1.30. The summed E-state index contributed by atoms with van der Waals surface area (Å²) in [4.78, 5) is 25.6. The zero-order chi connectivity index (χ0) is 15.6. The van der Waals surface area contributed by atoms with Gasteiger partial charge in [0.2, 0.25) is 0 Å². The molecule has 0 saturated heterocycles. The van der Waals surface area contributed by atoms with Crippen LogP contribution in [-0.2, 0) is 9.59 Å². The van der Waals surface area contributed by atoms with Gasteiger partial charge in [-0.05, 0) is 18.2 Å². The second-order valence-corrected chi connectivity index (χ2v) is 4.35. The van der Waals surface area contributed by atoms with E-state index >= 15 is 0 Å². The Hall–Kier alpha value is -2.90. The molecule has 0 bridgehead atoms. The smallest absolute Gasteiger partial charge is 0.326 e. The number of carboxylic acids is 2. The molecule has 1 unspecified atom stereocenters. The average molecular weight is 293 g/mol. The summed E-state index contributed by atoms with van der Waals surface area (Å²) in [7, 11) is 0. The number of hydrogen-bond donors (Lipinski definition) is 4. The van der Waals surface area contributed by atoms with E-state index in [1.165, 1.54) is 18.3 Å². The van der Waals surface area contributed by atoms with Gasteiger partial charge >= 0.3 is 11.9 Å². The van der Waals surface area contributed by atoms with Crippen LogP contribution in [0.3, 0.4) is 0 Å². The Morgan fingerprint density at radius 3 is 2.67 bits per heavy atom. The number of fused-ring (bicyclic) bond motifs is 1. The van der Waals surface area contributed by atoms with Crippen LogP contribution < -0.4 is 11.1 Å². The van der Waals surface area contributed by atoms with E-state index < -0.39 is 30.2 Å². The minimum atomic E-state index is -1.43. The fraction of sp³-hybridized carbons (Fsp3) is 0.154. The molecule has 2 rings (SSSR count). The maximum absolute atomic E-state index is 13.9. The van der Waals surface area contributed by atoms with E-state index in [1.807, 2.05) is 0 Å². The second kappa shape index (κ2) is 5.61. The molecule has 0 aliphatic heterocycles. The molecule has 7 nitrogen and oxygen atoms in total. The highest BCUT2D eigenvalue weighted by atomic mass is 19.1. The number of anilines is 2. The number of aliphatic carboxylic acids is 2. The van der Waals surface area contributed by atoms with E-state index in [2.05, 4.69) is 10.3 Å². The van der Waals surface area contributed by atoms with Crippen LogP contribution in [-0.4, -0.2) is 33.2 Å². The zero-order valence-corrected chi connectivity index (χ0v) is 10.7. The Morgan fingerprint density at radius 2 is 2.05 bits per heavy atom. The summed E-state index contributed by atoms with van der Waals surface area (Å²) < 4.78 is 13.9. The quantitative estimate of drug-likeness (QED) is 0.612. The lowest BCUT2D eigenvalue weighted by atomic mass is 10.1. The van der Waals surface area contributed by atoms with Crippen molar-refractivity contribution in [2.45, 2.75) is 12.5 Å². The minimum Gasteiger partial charge on any atom is -0.481 e. The van der Waals surface area contributed by atoms with Gasteiger partial charge in [-0.2, -0.15) is 0 Å². The minimum absolute atomic E-state index is 0.0224. The molecular weight excluding hydrogens is 281 g/mol. The normalized spacial score (nSPS) is 12.0. The van der Waals surface area contributed by atoms with Gasteiger partial charge in [0.1, 0.15) is 17.7 Å². The van der Waals surface area contributed by atoms with Crippen LogP contribution >= 0.6 is 0 Å². The monoisotopic (exact) mass is 293 g/mol. The summed E-state index contributed by atoms with van der Waals surface area (Å²) in [5, 5.41) is 20.5. The maximum atomic E-state index is 13.9. The Morgan fingerprint density at radius 1 is 1.33 bits per heavy atom. The first-order valence-electron chi connectivity index (χ1n) is 5.94. The fourth-order valence-electron chi connectivity index (χ4n) is 1.93. The number of nitrogens with one attached hydrogen (secondary N) is 1. The molecule has 0 radical (unpaired) electrons. The first kappa shape index (κ1) is 14.5. The van der Waals surface area contributed by atoms with Crippen LogP contribution in [0.1, 0.15) is 6.42 Å². The van der Waals surface area contributed by atoms with Crippen molar-refractivity contribution in [1.82, 2.24) is 4.98 Å². The van der Waals surface area contributed by atoms with E-state index in [4.69, 9.17) is 15.9 Å². The molecule has 0 spiro atoms. The van der Waals surface area contributed by atoms with Crippen LogP contribution in [0.25, 0.3) is 10.8 Å². The molecule has 1 aromatic heterocycles. The summed E-state index contributed by atoms with van der Waals surface area (Å²) in [6.45, 7) is 0. The molecule has 110 valence electrons. The number of hydrogen-bond acceptors (Lipinski definition) is 5. The van der Waals surface area contributed by atoms with Gasteiger partial charge in [0, 0.05) is 17.3 Å². The molecule has 1 aromatic carbocycles. The number of pyridine rings is 1. The van der Waals surface area contributed by atoms with Crippen LogP contribution in [0.15, 0.2) is 24.4 Å². The number of nitrogen functional groups attached to an aromatic ring is 1. The number of benzene rings is 1. The topological polar surface area (TPSA) is 126 Å². The van der Waals surface area contributed by atoms with Crippen molar-refractivity contribution in [2.24, 2.45) is 0 Å². The SMILES string of the molecule is Nc1ccc(F)c2c(NC(CC(=O)O)C(=O)O)nccc12. The van der Waals surface area contributed by atoms with E-state index in [0.29, 0.717) is 11.1 Å². The third kappa shape index (κ3) is 2.99. The van der Waals surface area contributed by atoms with Crippen LogP contribution in [0.5, 0.6) is 0 Å². The Bertz CT molecular complexity index is 720. The first-order valence-corrected chi connectivity index (χ1v) is 5.94. The van der Waals surface area contributed by atoms with E-state index in [9.17, 15) is 14.0 Å². The number of nitrogens with zero attached hydrogens (tertiary/aromatic N) is 1. The lowest BCUT2D eigenvalue weighted by Crippen LogP contribution is -2.32. The van der Waals surface area contributed by atoms with Crippen molar-refractivity contribution in [3.8, 4) is 0 Å². The zero-order valence-electron chi connectivity index (χ0n) is 10.7. The average Bonchev–Trinajstić information content (AvgIpc) is 2.41.